The summed E-state index contributed by atoms with van der Waals surface area (Å²) in [6.45, 7) is 4.96. The molecule has 0 saturated heterocycles. The maximum absolute atomic E-state index is 11.9. The van der Waals surface area contributed by atoms with Gasteiger partial charge in [0, 0.05) is 31.4 Å². The number of anilines is 1. The van der Waals surface area contributed by atoms with Gasteiger partial charge in [-0.3, -0.25) is 9.78 Å². The third-order valence-corrected chi connectivity index (χ3v) is 2.57. The van der Waals surface area contributed by atoms with Gasteiger partial charge in [-0.15, -0.1) is 0 Å². The lowest BCUT2D eigenvalue weighted by atomic mass is 10.3. The van der Waals surface area contributed by atoms with E-state index in [4.69, 9.17) is 4.52 Å². The van der Waals surface area contributed by atoms with E-state index in [1.165, 1.54) is 0 Å². The largest absolute Gasteiger partial charge is 0.385 e. The summed E-state index contributed by atoms with van der Waals surface area (Å²) < 4.78 is 4.96. The van der Waals surface area contributed by atoms with E-state index in [2.05, 4.69) is 25.8 Å². The summed E-state index contributed by atoms with van der Waals surface area (Å²) in [7, 11) is 0. The number of pyridine rings is 1. The molecule has 7 nitrogen and oxygen atoms in total. The smallest absolute Gasteiger partial charge is 0.269 e. The van der Waals surface area contributed by atoms with Crippen LogP contribution >= 0.6 is 0 Å². The van der Waals surface area contributed by atoms with Crippen molar-refractivity contribution in [3.05, 3.63) is 35.7 Å². The van der Waals surface area contributed by atoms with Crippen LogP contribution in [0.15, 0.2) is 22.9 Å². The van der Waals surface area contributed by atoms with Gasteiger partial charge in [-0.05, 0) is 26.0 Å². The van der Waals surface area contributed by atoms with Gasteiger partial charge in [0.05, 0.1) is 0 Å². The normalized spacial score (nSPS) is 10.3. The molecule has 0 unspecified atom stereocenters. The highest BCUT2D eigenvalue weighted by Gasteiger charge is 2.08. The van der Waals surface area contributed by atoms with Crippen molar-refractivity contribution in [2.75, 3.05) is 18.4 Å². The monoisotopic (exact) mass is 275 g/mol. The standard InChI is InChI=1S/C13H17N5O2/c1-3-14-10-4-6-15-11(8-10)13(19)16-7-5-12-17-9(2)18-20-12/h4,6,8H,3,5,7H2,1-2H3,(H,14,15)(H,16,19). The average molecular weight is 275 g/mol. The minimum atomic E-state index is -0.221. The Hall–Kier alpha value is -2.44. The third kappa shape index (κ3) is 3.78. The predicted octanol–water partition coefficient (Wildman–Crippen LogP) is 1.18. The van der Waals surface area contributed by atoms with Crippen LogP contribution in [-0.4, -0.2) is 34.1 Å². The van der Waals surface area contributed by atoms with Gasteiger partial charge in [0.2, 0.25) is 5.89 Å². The molecule has 2 heterocycles. The fourth-order valence-corrected chi connectivity index (χ4v) is 1.68. The Morgan fingerprint density at radius 3 is 3.00 bits per heavy atom. The number of amides is 1. The molecule has 0 aliphatic carbocycles. The molecule has 0 saturated carbocycles. The summed E-state index contributed by atoms with van der Waals surface area (Å²) in [5.41, 5.74) is 1.25. The first-order chi connectivity index (χ1) is 9.69. The number of nitrogens with one attached hydrogen (secondary N) is 2. The van der Waals surface area contributed by atoms with E-state index in [1.54, 1.807) is 19.2 Å². The maximum atomic E-state index is 11.9. The molecule has 106 valence electrons. The molecule has 0 spiro atoms. The fraction of sp³-hybridized carbons (Fsp3) is 0.385. The molecule has 0 bridgehead atoms. The summed E-state index contributed by atoms with van der Waals surface area (Å²) in [6.07, 6.45) is 2.10. The highest BCUT2D eigenvalue weighted by molar-refractivity contribution is 5.93. The zero-order valence-electron chi connectivity index (χ0n) is 11.5. The Balaban J connectivity index is 1.86. The van der Waals surface area contributed by atoms with Crippen LogP contribution in [-0.2, 0) is 6.42 Å². The van der Waals surface area contributed by atoms with E-state index >= 15 is 0 Å². The topological polar surface area (TPSA) is 92.9 Å². The molecule has 2 N–H and O–H groups in total. The molecule has 0 aromatic carbocycles. The van der Waals surface area contributed by atoms with Crippen molar-refractivity contribution in [1.29, 1.82) is 0 Å². The number of hydrogen-bond acceptors (Lipinski definition) is 6. The van der Waals surface area contributed by atoms with Gasteiger partial charge in [0.1, 0.15) is 5.69 Å². The van der Waals surface area contributed by atoms with E-state index in [1.807, 2.05) is 13.0 Å². The minimum Gasteiger partial charge on any atom is -0.385 e. The molecule has 2 aromatic rings. The number of aryl methyl sites for hydroxylation is 1. The quantitative estimate of drug-likeness (QED) is 0.822. The molecule has 2 rings (SSSR count). The molecule has 0 atom stereocenters. The van der Waals surface area contributed by atoms with Crippen LogP contribution in [0.2, 0.25) is 0 Å². The van der Waals surface area contributed by atoms with E-state index in [0.717, 1.165) is 12.2 Å². The van der Waals surface area contributed by atoms with Crippen LogP contribution in [0, 0.1) is 6.92 Å². The second-order valence-corrected chi connectivity index (χ2v) is 4.20. The molecule has 0 radical (unpaired) electrons. The summed E-state index contributed by atoms with van der Waals surface area (Å²) in [5.74, 6) is 0.879. The van der Waals surface area contributed by atoms with E-state index in [0.29, 0.717) is 30.4 Å². The number of hydrogen-bond donors (Lipinski definition) is 2. The van der Waals surface area contributed by atoms with Crippen molar-refractivity contribution in [2.45, 2.75) is 20.3 Å². The highest BCUT2D eigenvalue weighted by atomic mass is 16.5. The lowest BCUT2D eigenvalue weighted by Gasteiger charge is -2.06. The molecule has 20 heavy (non-hydrogen) atoms. The van der Waals surface area contributed by atoms with Crippen molar-refractivity contribution < 1.29 is 9.32 Å². The zero-order valence-corrected chi connectivity index (χ0v) is 11.5. The second kappa shape index (κ2) is 6.65. The summed E-state index contributed by atoms with van der Waals surface area (Å²) in [4.78, 5) is 20.0. The van der Waals surface area contributed by atoms with Crippen molar-refractivity contribution in [3.8, 4) is 0 Å². The lowest BCUT2D eigenvalue weighted by molar-refractivity contribution is 0.0948. The maximum Gasteiger partial charge on any atom is 0.269 e. The molecular weight excluding hydrogens is 258 g/mol. The van der Waals surface area contributed by atoms with Gasteiger partial charge in [0.15, 0.2) is 5.82 Å². The Bertz CT molecular complexity index is 582. The number of rotatable bonds is 6. The Morgan fingerprint density at radius 1 is 1.45 bits per heavy atom. The van der Waals surface area contributed by atoms with Gasteiger partial charge in [-0.2, -0.15) is 4.98 Å². The number of carbonyl (C=O) groups excluding carboxylic acids is 1. The first kappa shape index (κ1) is 14.0. The van der Waals surface area contributed by atoms with E-state index in [9.17, 15) is 4.79 Å². The summed E-state index contributed by atoms with van der Waals surface area (Å²) >= 11 is 0. The SMILES string of the molecule is CCNc1ccnc(C(=O)NCCc2nc(C)no2)c1. The molecule has 0 fully saturated rings. The van der Waals surface area contributed by atoms with Gasteiger partial charge in [0.25, 0.3) is 5.91 Å². The average Bonchev–Trinajstić information content (AvgIpc) is 2.85. The van der Waals surface area contributed by atoms with Crippen LogP contribution < -0.4 is 10.6 Å². The first-order valence-electron chi connectivity index (χ1n) is 6.46. The van der Waals surface area contributed by atoms with Gasteiger partial charge in [-0.25, -0.2) is 0 Å². The van der Waals surface area contributed by atoms with E-state index in [-0.39, 0.29) is 5.91 Å². The molecule has 0 aliphatic heterocycles. The molecule has 1 amide bonds. The van der Waals surface area contributed by atoms with Gasteiger partial charge in [-0.1, -0.05) is 5.16 Å². The van der Waals surface area contributed by atoms with Crippen LogP contribution in [0.1, 0.15) is 29.1 Å². The van der Waals surface area contributed by atoms with Crippen molar-refractivity contribution in [2.24, 2.45) is 0 Å². The fourth-order valence-electron chi connectivity index (χ4n) is 1.68. The van der Waals surface area contributed by atoms with Crippen LogP contribution in [0.5, 0.6) is 0 Å². The minimum absolute atomic E-state index is 0.221. The Kier molecular flexibility index (Phi) is 4.65. The van der Waals surface area contributed by atoms with Crippen molar-refractivity contribution in [1.82, 2.24) is 20.4 Å². The van der Waals surface area contributed by atoms with Gasteiger partial charge < -0.3 is 15.2 Å². The van der Waals surface area contributed by atoms with Gasteiger partial charge >= 0.3 is 0 Å². The van der Waals surface area contributed by atoms with Crippen molar-refractivity contribution in [3.63, 3.8) is 0 Å². The predicted molar refractivity (Wildman–Crippen MR) is 73.5 cm³/mol. The highest BCUT2D eigenvalue weighted by Crippen LogP contribution is 2.07. The number of carbonyl (C=O) groups is 1. The first-order valence-corrected chi connectivity index (χ1v) is 6.46. The number of nitrogens with zero attached hydrogens (tertiary/aromatic N) is 3. The lowest BCUT2D eigenvalue weighted by Crippen LogP contribution is -2.26. The summed E-state index contributed by atoms with van der Waals surface area (Å²) in [6, 6.07) is 3.54. The Labute approximate surface area is 116 Å². The van der Waals surface area contributed by atoms with Crippen LogP contribution in [0.4, 0.5) is 5.69 Å². The second-order valence-electron chi connectivity index (χ2n) is 4.20. The Morgan fingerprint density at radius 2 is 2.30 bits per heavy atom. The van der Waals surface area contributed by atoms with Crippen molar-refractivity contribution >= 4 is 11.6 Å². The summed E-state index contributed by atoms with van der Waals surface area (Å²) in [5, 5.41) is 9.59. The third-order valence-electron chi connectivity index (χ3n) is 2.57. The van der Waals surface area contributed by atoms with Crippen LogP contribution in [0.25, 0.3) is 0 Å². The molecule has 7 heteroatoms. The molecule has 0 aliphatic rings. The molecular formula is C13H17N5O2. The number of aromatic nitrogens is 3. The molecule has 2 aromatic heterocycles. The van der Waals surface area contributed by atoms with Crippen LogP contribution in [0.3, 0.4) is 0 Å². The van der Waals surface area contributed by atoms with E-state index < -0.39 is 0 Å². The zero-order chi connectivity index (χ0) is 14.4.